The standard InChI is InChI=1S/C25H32F4N6O5S/c1-15(2)19-14-34(16-6-7-18(26)20(12-16)41(4,39)40)10-11-35(19)23-31-13-17(21(32-23)25(27,28)29)22(36)33(3)9-5-8-30-24(37)38/h6-7,12-13,15,19,30H,5,8-11,14H2,1-4H3,(H,37,38)/t19-/m0/s1. The molecule has 2 amide bonds. The predicted molar refractivity (Wildman–Crippen MR) is 142 cm³/mol. The van der Waals surface area contributed by atoms with Crippen LogP contribution in [0.25, 0.3) is 0 Å². The van der Waals surface area contributed by atoms with Gasteiger partial charge in [-0.05, 0) is 30.5 Å². The van der Waals surface area contributed by atoms with Crippen LogP contribution in [0.5, 0.6) is 0 Å². The molecule has 3 rings (SSSR count). The van der Waals surface area contributed by atoms with Gasteiger partial charge in [-0.25, -0.2) is 27.6 Å². The number of amides is 2. The van der Waals surface area contributed by atoms with Gasteiger partial charge in [0.15, 0.2) is 15.5 Å². The second kappa shape index (κ2) is 12.4. The fourth-order valence-corrected chi connectivity index (χ4v) is 5.30. The molecule has 1 aromatic carbocycles. The lowest BCUT2D eigenvalue weighted by molar-refractivity contribution is -0.141. The second-order valence-corrected chi connectivity index (χ2v) is 12.1. The van der Waals surface area contributed by atoms with Crippen LogP contribution in [-0.2, 0) is 16.0 Å². The van der Waals surface area contributed by atoms with Crippen LogP contribution >= 0.6 is 0 Å². The van der Waals surface area contributed by atoms with Crippen molar-refractivity contribution in [3.63, 3.8) is 0 Å². The Hall–Kier alpha value is -3.69. The van der Waals surface area contributed by atoms with Crippen molar-refractivity contribution in [2.24, 2.45) is 5.92 Å². The second-order valence-electron chi connectivity index (χ2n) is 10.1. The van der Waals surface area contributed by atoms with Crippen LogP contribution in [0.4, 0.5) is 34.0 Å². The highest BCUT2D eigenvalue weighted by Crippen LogP contribution is 2.34. The zero-order chi connectivity index (χ0) is 30.7. The molecule has 1 aromatic heterocycles. The number of nitrogens with zero attached hydrogens (tertiary/aromatic N) is 5. The lowest BCUT2D eigenvalue weighted by atomic mass is 9.99. The van der Waals surface area contributed by atoms with Crippen LogP contribution in [0.3, 0.4) is 0 Å². The first kappa shape index (κ1) is 31.8. The molecule has 1 aliphatic rings. The average Bonchev–Trinajstić information content (AvgIpc) is 2.89. The molecule has 2 aromatic rings. The number of aromatic nitrogens is 2. The van der Waals surface area contributed by atoms with Crippen molar-refractivity contribution >= 4 is 33.5 Å². The van der Waals surface area contributed by atoms with Crippen LogP contribution in [0, 0.1) is 11.7 Å². The minimum Gasteiger partial charge on any atom is -0.465 e. The molecule has 1 atom stereocenters. The summed E-state index contributed by atoms with van der Waals surface area (Å²) in [6.07, 6.45) is -4.27. The van der Waals surface area contributed by atoms with Gasteiger partial charge in [0.05, 0.1) is 11.6 Å². The molecule has 11 nitrogen and oxygen atoms in total. The molecule has 0 unspecified atom stereocenters. The Morgan fingerprint density at radius 3 is 2.51 bits per heavy atom. The van der Waals surface area contributed by atoms with Crippen LogP contribution in [0.1, 0.15) is 36.3 Å². The average molecular weight is 605 g/mol. The van der Waals surface area contributed by atoms with Gasteiger partial charge in [-0.1, -0.05) is 13.8 Å². The number of carboxylic acid groups (broad SMARTS) is 1. The highest BCUT2D eigenvalue weighted by atomic mass is 32.2. The summed E-state index contributed by atoms with van der Waals surface area (Å²) >= 11 is 0. The summed E-state index contributed by atoms with van der Waals surface area (Å²) in [7, 11) is -2.52. The van der Waals surface area contributed by atoms with E-state index >= 15 is 0 Å². The van der Waals surface area contributed by atoms with Crippen molar-refractivity contribution in [3.05, 3.63) is 41.5 Å². The summed E-state index contributed by atoms with van der Waals surface area (Å²) in [5, 5.41) is 10.7. The number of anilines is 2. The molecule has 0 spiro atoms. The number of piperazine rings is 1. The molecule has 0 bridgehead atoms. The quantitative estimate of drug-likeness (QED) is 0.327. The van der Waals surface area contributed by atoms with Gasteiger partial charge in [-0.3, -0.25) is 4.79 Å². The monoisotopic (exact) mass is 604 g/mol. The van der Waals surface area contributed by atoms with Gasteiger partial charge in [0.2, 0.25) is 5.95 Å². The third-order valence-corrected chi connectivity index (χ3v) is 7.80. The molecule has 2 N–H and O–H groups in total. The number of benzene rings is 1. The minimum atomic E-state index is -4.96. The number of alkyl halides is 3. The maximum absolute atomic E-state index is 14.1. The molecular formula is C25H32F4N6O5S. The molecule has 41 heavy (non-hydrogen) atoms. The van der Waals surface area contributed by atoms with Gasteiger partial charge in [-0.15, -0.1) is 0 Å². The van der Waals surface area contributed by atoms with Crippen molar-refractivity contribution < 1.29 is 40.7 Å². The zero-order valence-electron chi connectivity index (χ0n) is 22.9. The Balaban J connectivity index is 1.87. The van der Waals surface area contributed by atoms with Crippen LogP contribution in [0.15, 0.2) is 29.3 Å². The highest BCUT2D eigenvalue weighted by molar-refractivity contribution is 7.90. The SMILES string of the molecule is CC(C)[C@@H]1CN(c2ccc(F)c(S(C)(=O)=O)c2)CCN1c1ncc(C(=O)N(C)CCCNC(=O)O)c(C(F)(F)F)n1. The number of hydrogen-bond acceptors (Lipinski definition) is 8. The van der Waals surface area contributed by atoms with Gasteiger partial charge >= 0.3 is 12.3 Å². The van der Waals surface area contributed by atoms with E-state index in [0.29, 0.717) is 5.69 Å². The molecule has 226 valence electrons. The van der Waals surface area contributed by atoms with Crippen molar-refractivity contribution in [1.29, 1.82) is 0 Å². The maximum Gasteiger partial charge on any atom is 0.434 e. The number of halogens is 4. The van der Waals surface area contributed by atoms with Crippen LogP contribution in [-0.4, -0.2) is 92.5 Å². The first-order valence-electron chi connectivity index (χ1n) is 12.7. The van der Waals surface area contributed by atoms with Gasteiger partial charge in [0, 0.05) is 57.9 Å². The van der Waals surface area contributed by atoms with Crippen LogP contribution in [0.2, 0.25) is 0 Å². The molecule has 0 saturated carbocycles. The molecule has 1 aliphatic heterocycles. The van der Waals surface area contributed by atoms with Crippen LogP contribution < -0.4 is 15.1 Å². The summed E-state index contributed by atoms with van der Waals surface area (Å²) < 4.78 is 80.4. The Morgan fingerprint density at radius 2 is 1.93 bits per heavy atom. The predicted octanol–water partition coefficient (Wildman–Crippen LogP) is 3.12. The van der Waals surface area contributed by atoms with E-state index in [1.54, 1.807) is 4.90 Å². The Morgan fingerprint density at radius 1 is 1.24 bits per heavy atom. The smallest absolute Gasteiger partial charge is 0.434 e. The number of carbonyl (C=O) groups is 2. The van der Waals surface area contributed by atoms with Gasteiger partial charge in [0.25, 0.3) is 5.91 Å². The molecular weight excluding hydrogens is 572 g/mol. The molecule has 16 heteroatoms. The largest absolute Gasteiger partial charge is 0.465 e. The van der Waals surface area contributed by atoms with E-state index in [4.69, 9.17) is 5.11 Å². The highest BCUT2D eigenvalue weighted by Gasteiger charge is 2.40. The van der Waals surface area contributed by atoms with Gasteiger partial charge in [0.1, 0.15) is 10.7 Å². The van der Waals surface area contributed by atoms with E-state index in [1.165, 1.54) is 19.2 Å². The van der Waals surface area contributed by atoms with Crippen molar-refractivity contribution in [1.82, 2.24) is 20.2 Å². The van der Waals surface area contributed by atoms with Crippen molar-refractivity contribution in [2.45, 2.75) is 37.4 Å². The fraction of sp³-hybridized carbons (Fsp3) is 0.520. The normalized spacial score (nSPS) is 16.2. The number of nitrogens with one attached hydrogen (secondary N) is 1. The maximum atomic E-state index is 14.1. The Labute approximate surface area is 235 Å². The first-order valence-corrected chi connectivity index (χ1v) is 14.6. The molecule has 0 aliphatic carbocycles. The number of carbonyl (C=O) groups excluding carboxylic acids is 1. The van der Waals surface area contributed by atoms with E-state index in [-0.39, 0.29) is 51.0 Å². The third-order valence-electron chi connectivity index (χ3n) is 6.69. The number of hydrogen-bond donors (Lipinski definition) is 2. The summed E-state index contributed by atoms with van der Waals surface area (Å²) in [5.74, 6) is -2.14. The van der Waals surface area contributed by atoms with E-state index in [0.717, 1.165) is 23.4 Å². The summed E-state index contributed by atoms with van der Waals surface area (Å²) in [6, 6.07) is 3.35. The lowest BCUT2D eigenvalue weighted by Crippen LogP contribution is -2.56. The third kappa shape index (κ3) is 7.74. The molecule has 2 heterocycles. The van der Waals surface area contributed by atoms with Gasteiger partial charge in [-0.2, -0.15) is 13.2 Å². The number of sulfone groups is 1. The Kier molecular flexibility index (Phi) is 9.66. The molecule has 1 fully saturated rings. The number of rotatable bonds is 9. The summed E-state index contributed by atoms with van der Waals surface area (Å²) in [4.78, 5) is 35.3. The van der Waals surface area contributed by atoms with Gasteiger partial charge < -0.3 is 25.1 Å². The summed E-state index contributed by atoms with van der Waals surface area (Å²) in [6.45, 7) is 4.45. The lowest BCUT2D eigenvalue weighted by Gasteiger charge is -2.44. The topological polar surface area (TPSA) is 136 Å². The van der Waals surface area contributed by atoms with E-state index < -0.39 is 56.0 Å². The zero-order valence-corrected chi connectivity index (χ0v) is 23.8. The molecule has 0 radical (unpaired) electrons. The van der Waals surface area contributed by atoms with E-state index in [2.05, 4.69) is 15.3 Å². The van der Waals surface area contributed by atoms with Crippen molar-refractivity contribution in [2.75, 3.05) is 55.8 Å². The summed E-state index contributed by atoms with van der Waals surface area (Å²) in [5.41, 5.74) is -1.66. The molecule has 1 saturated heterocycles. The fourth-order valence-electron chi connectivity index (χ4n) is 4.54. The van der Waals surface area contributed by atoms with Crippen molar-refractivity contribution in [3.8, 4) is 0 Å². The Bertz CT molecular complexity index is 1390. The van der Waals surface area contributed by atoms with E-state index in [9.17, 15) is 35.6 Å². The minimum absolute atomic E-state index is 0.0000228. The first-order chi connectivity index (χ1) is 19.0. The van der Waals surface area contributed by atoms with E-state index in [1.807, 2.05) is 18.7 Å².